The van der Waals surface area contributed by atoms with E-state index in [9.17, 15) is 14.0 Å². The number of anilines is 1. The molecule has 2 aromatic carbocycles. The smallest absolute Gasteiger partial charge is 0.318 e. The first kappa shape index (κ1) is 19.2. The van der Waals surface area contributed by atoms with Crippen molar-refractivity contribution in [3.8, 4) is 5.75 Å². The third-order valence-corrected chi connectivity index (χ3v) is 5.41. The molecule has 0 saturated heterocycles. The number of benzene rings is 2. The van der Waals surface area contributed by atoms with Gasteiger partial charge in [-0.25, -0.2) is 9.18 Å². The Labute approximate surface area is 169 Å². The zero-order valence-corrected chi connectivity index (χ0v) is 16.1. The topological polar surface area (TPSA) is 70.7 Å². The number of ether oxygens (including phenoxy) is 1. The molecule has 1 aliphatic carbocycles. The summed E-state index contributed by atoms with van der Waals surface area (Å²) >= 11 is 0. The Kier molecular flexibility index (Phi) is 5.64. The fourth-order valence-corrected chi connectivity index (χ4v) is 3.48. The molecule has 2 aromatic rings. The number of nitrogens with one attached hydrogen (secondary N) is 2. The Balaban J connectivity index is 1.34. The van der Waals surface area contributed by atoms with Crippen LogP contribution in [0.25, 0.3) is 0 Å². The largest absolute Gasteiger partial charge is 0.491 e. The maximum absolute atomic E-state index is 13.4. The minimum Gasteiger partial charge on any atom is -0.491 e. The van der Waals surface area contributed by atoms with E-state index >= 15 is 0 Å². The third-order valence-electron chi connectivity index (χ3n) is 5.41. The van der Waals surface area contributed by atoms with Crippen LogP contribution in [0.5, 0.6) is 5.75 Å². The second-order valence-electron chi connectivity index (χ2n) is 7.50. The lowest BCUT2D eigenvalue weighted by Crippen LogP contribution is -2.40. The van der Waals surface area contributed by atoms with Gasteiger partial charge in [-0.15, -0.1) is 0 Å². The molecule has 0 unspecified atom stereocenters. The van der Waals surface area contributed by atoms with E-state index in [0.29, 0.717) is 32.0 Å². The summed E-state index contributed by atoms with van der Waals surface area (Å²) in [5.41, 5.74) is 2.42. The number of rotatable bonds is 4. The highest BCUT2D eigenvalue weighted by molar-refractivity contribution is 5.93. The molecule has 6 nitrogen and oxygen atoms in total. The number of carbonyl (C=O) groups excluding carboxylic acids is 2. The molecular weight excluding hydrogens is 373 g/mol. The number of fused-ring (bicyclic) bond motifs is 1. The van der Waals surface area contributed by atoms with E-state index in [-0.39, 0.29) is 23.7 Å². The summed E-state index contributed by atoms with van der Waals surface area (Å²) < 4.78 is 18.9. The van der Waals surface area contributed by atoms with Gasteiger partial charge in [-0.2, -0.15) is 0 Å². The lowest BCUT2D eigenvalue weighted by molar-refractivity contribution is -0.122. The Morgan fingerprint density at radius 3 is 2.83 bits per heavy atom. The highest BCUT2D eigenvalue weighted by Gasteiger charge is 2.25. The van der Waals surface area contributed by atoms with Crippen molar-refractivity contribution in [3.63, 3.8) is 0 Å². The van der Waals surface area contributed by atoms with Crippen LogP contribution in [-0.2, 0) is 17.9 Å². The average molecular weight is 397 g/mol. The standard InChI is InChI=1S/C22H24FN3O3/c23-18-8-7-17-14-26(9-10-29-20(17)12-18)22(28)24-13-15-3-1-6-19(11-15)25-21(27)16-4-2-5-16/h1,3,6-8,11-12,16H,2,4-5,9-10,13-14H2,(H,24,28)(H,25,27). The van der Waals surface area contributed by atoms with Crippen LogP contribution in [0, 0.1) is 11.7 Å². The van der Waals surface area contributed by atoms with E-state index in [1.165, 1.54) is 12.1 Å². The molecule has 0 radical (unpaired) electrons. The van der Waals surface area contributed by atoms with Gasteiger partial charge in [-0.1, -0.05) is 24.6 Å². The predicted octanol–water partition coefficient (Wildman–Crippen LogP) is 3.67. The number of amides is 3. The maximum atomic E-state index is 13.4. The van der Waals surface area contributed by atoms with Crippen LogP contribution in [-0.4, -0.2) is 30.0 Å². The van der Waals surface area contributed by atoms with Crippen molar-refractivity contribution in [3.05, 3.63) is 59.4 Å². The molecule has 0 atom stereocenters. The van der Waals surface area contributed by atoms with Crippen LogP contribution in [0.2, 0.25) is 0 Å². The first-order chi connectivity index (χ1) is 14.1. The second kappa shape index (κ2) is 8.51. The molecular formula is C22H24FN3O3. The molecule has 7 heteroatoms. The van der Waals surface area contributed by atoms with Gasteiger partial charge in [0, 0.05) is 29.8 Å². The van der Waals surface area contributed by atoms with Gasteiger partial charge in [0.2, 0.25) is 5.91 Å². The van der Waals surface area contributed by atoms with Crippen molar-refractivity contribution in [1.82, 2.24) is 10.2 Å². The number of carbonyl (C=O) groups is 2. The van der Waals surface area contributed by atoms with E-state index in [1.807, 2.05) is 24.3 Å². The highest BCUT2D eigenvalue weighted by atomic mass is 19.1. The van der Waals surface area contributed by atoms with Crippen LogP contribution in [0.15, 0.2) is 42.5 Å². The van der Waals surface area contributed by atoms with Gasteiger partial charge in [0.05, 0.1) is 13.1 Å². The van der Waals surface area contributed by atoms with Gasteiger partial charge in [-0.05, 0) is 36.6 Å². The molecule has 1 fully saturated rings. The molecule has 4 rings (SSSR count). The number of hydrogen-bond acceptors (Lipinski definition) is 3. The Morgan fingerprint density at radius 1 is 1.17 bits per heavy atom. The van der Waals surface area contributed by atoms with Gasteiger partial charge < -0.3 is 20.3 Å². The fraction of sp³-hybridized carbons (Fsp3) is 0.364. The lowest BCUT2D eigenvalue weighted by atomic mass is 9.85. The van der Waals surface area contributed by atoms with Crippen LogP contribution in [0.1, 0.15) is 30.4 Å². The van der Waals surface area contributed by atoms with Crippen molar-refractivity contribution in [2.45, 2.75) is 32.4 Å². The molecule has 1 heterocycles. The van der Waals surface area contributed by atoms with E-state index in [1.54, 1.807) is 11.0 Å². The summed E-state index contributed by atoms with van der Waals surface area (Å²) in [5.74, 6) is 0.318. The SMILES string of the molecule is O=C(Nc1cccc(CNC(=O)N2CCOc3cc(F)ccc3C2)c1)C1CCC1. The van der Waals surface area contributed by atoms with Crippen LogP contribution in [0.4, 0.5) is 14.9 Å². The Hall–Kier alpha value is -3.09. The molecule has 2 N–H and O–H groups in total. The number of urea groups is 1. The first-order valence-corrected chi connectivity index (χ1v) is 9.92. The molecule has 2 aliphatic rings. The fourth-order valence-electron chi connectivity index (χ4n) is 3.48. The summed E-state index contributed by atoms with van der Waals surface area (Å²) in [6.07, 6.45) is 3.03. The van der Waals surface area contributed by atoms with Crippen LogP contribution < -0.4 is 15.4 Å². The summed E-state index contributed by atoms with van der Waals surface area (Å²) in [6.45, 7) is 1.44. The van der Waals surface area contributed by atoms with Gasteiger partial charge >= 0.3 is 6.03 Å². The maximum Gasteiger partial charge on any atom is 0.318 e. The molecule has 1 saturated carbocycles. The van der Waals surface area contributed by atoms with Crippen LogP contribution >= 0.6 is 0 Å². The third kappa shape index (κ3) is 4.67. The predicted molar refractivity (Wildman–Crippen MR) is 107 cm³/mol. The van der Waals surface area contributed by atoms with Gasteiger partial charge in [0.1, 0.15) is 18.2 Å². The van der Waals surface area contributed by atoms with Crippen molar-refractivity contribution in [2.24, 2.45) is 5.92 Å². The van der Waals surface area contributed by atoms with Crippen molar-refractivity contribution in [1.29, 1.82) is 0 Å². The average Bonchev–Trinajstić information content (AvgIpc) is 2.87. The van der Waals surface area contributed by atoms with E-state index < -0.39 is 0 Å². The van der Waals surface area contributed by atoms with Crippen molar-refractivity contribution < 1.29 is 18.7 Å². The number of nitrogens with zero attached hydrogens (tertiary/aromatic N) is 1. The van der Waals surface area contributed by atoms with E-state index in [0.717, 1.165) is 36.1 Å². The van der Waals surface area contributed by atoms with Gasteiger partial charge in [-0.3, -0.25) is 4.79 Å². The Morgan fingerprint density at radius 2 is 2.03 bits per heavy atom. The first-order valence-electron chi connectivity index (χ1n) is 9.92. The van der Waals surface area contributed by atoms with Gasteiger partial charge in [0.25, 0.3) is 0 Å². The molecule has 0 aromatic heterocycles. The molecule has 0 bridgehead atoms. The van der Waals surface area contributed by atoms with Crippen molar-refractivity contribution in [2.75, 3.05) is 18.5 Å². The molecule has 29 heavy (non-hydrogen) atoms. The molecule has 152 valence electrons. The monoisotopic (exact) mass is 397 g/mol. The quantitative estimate of drug-likeness (QED) is 0.827. The lowest BCUT2D eigenvalue weighted by Gasteiger charge is -2.24. The normalized spacial score (nSPS) is 16.1. The number of halogens is 1. The molecule has 1 aliphatic heterocycles. The number of hydrogen-bond donors (Lipinski definition) is 2. The molecule has 3 amide bonds. The van der Waals surface area contributed by atoms with E-state index in [4.69, 9.17) is 4.74 Å². The minimum absolute atomic E-state index is 0.0668. The van der Waals surface area contributed by atoms with Crippen molar-refractivity contribution >= 4 is 17.6 Å². The minimum atomic E-state index is -0.356. The summed E-state index contributed by atoms with van der Waals surface area (Å²) in [6, 6.07) is 11.6. The highest BCUT2D eigenvalue weighted by Crippen LogP contribution is 2.28. The summed E-state index contributed by atoms with van der Waals surface area (Å²) in [5, 5.41) is 5.86. The van der Waals surface area contributed by atoms with Crippen LogP contribution in [0.3, 0.4) is 0 Å². The summed E-state index contributed by atoms with van der Waals surface area (Å²) in [7, 11) is 0. The Bertz CT molecular complexity index is 914. The zero-order valence-electron chi connectivity index (χ0n) is 16.1. The molecule has 0 spiro atoms. The van der Waals surface area contributed by atoms with Gasteiger partial charge in [0.15, 0.2) is 0 Å². The second-order valence-corrected chi connectivity index (χ2v) is 7.50. The summed E-state index contributed by atoms with van der Waals surface area (Å²) in [4.78, 5) is 26.4. The van der Waals surface area contributed by atoms with E-state index in [2.05, 4.69) is 10.6 Å². The zero-order chi connectivity index (χ0) is 20.2.